The van der Waals surface area contributed by atoms with Gasteiger partial charge in [0.1, 0.15) is 11.5 Å². The van der Waals surface area contributed by atoms with Crippen LogP contribution in [0.25, 0.3) is 0 Å². The lowest BCUT2D eigenvalue weighted by molar-refractivity contribution is 0.479. The van der Waals surface area contributed by atoms with Crippen molar-refractivity contribution in [3.8, 4) is 11.5 Å². The van der Waals surface area contributed by atoms with E-state index in [4.69, 9.17) is 39.5 Å². The molecule has 0 aliphatic rings. The summed E-state index contributed by atoms with van der Waals surface area (Å²) in [6, 6.07) is 10.6. The topological polar surface area (TPSA) is 9.23 Å². The summed E-state index contributed by atoms with van der Waals surface area (Å²) >= 11 is 21.4. The van der Waals surface area contributed by atoms with Gasteiger partial charge in [-0.2, -0.15) is 0 Å². The van der Waals surface area contributed by atoms with E-state index >= 15 is 0 Å². The maximum absolute atomic E-state index is 6.13. The molecule has 0 radical (unpaired) electrons. The van der Waals surface area contributed by atoms with Gasteiger partial charge in [-0.1, -0.05) is 62.9 Å². The molecule has 0 atom stereocenters. The lowest BCUT2D eigenvalue weighted by Gasteiger charge is -2.12. The average Bonchev–Trinajstić information content (AvgIpc) is 2.34. The molecule has 0 aromatic heterocycles. The summed E-state index contributed by atoms with van der Waals surface area (Å²) in [4.78, 5) is 0. The average molecular weight is 366 g/mol. The largest absolute Gasteiger partial charge is 0.454 e. The molecule has 5 heteroatoms. The van der Waals surface area contributed by atoms with E-state index in [1.165, 1.54) is 0 Å². The lowest BCUT2D eigenvalue weighted by atomic mass is 10.2. The van der Waals surface area contributed by atoms with Crippen molar-refractivity contribution >= 4 is 50.7 Å². The molecule has 2 rings (SSSR count). The summed E-state index contributed by atoms with van der Waals surface area (Å²) < 4.78 is 5.76. The molecule has 0 bridgehead atoms. The van der Waals surface area contributed by atoms with Gasteiger partial charge in [0, 0.05) is 15.9 Å². The molecule has 0 amide bonds. The Morgan fingerprint density at radius 3 is 2.44 bits per heavy atom. The van der Waals surface area contributed by atoms with Crippen molar-refractivity contribution in [2.45, 2.75) is 5.33 Å². The molecule has 94 valence electrons. The van der Waals surface area contributed by atoms with Crippen molar-refractivity contribution in [1.82, 2.24) is 0 Å². The fraction of sp³-hybridized carbons (Fsp3) is 0.0769. The van der Waals surface area contributed by atoms with Gasteiger partial charge in [0.05, 0.1) is 10.0 Å². The zero-order valence-corrected chi connectivity index (χ0v) is 12.9. The smallest absolute Gasteiger partial charge is 0.150 e. The van der Waals surface area contributed by atoms with Crippen molar-refractivity contribution in [2.24, 2.45) is 0 Å². The minimum atomic E-state index is 0.447. The van der Waals surface area contributed by atoms with E-state index in [2.05, 4.69) is 15.9 Å². The zero-order valence-electron chi connectivity index (χ0n) is 9.09. The standard InChI is InChI=1S/C13H8BrCl3O/c14-7-8-2-1-3-10(16)13(8)18-12-5-4-9(15)6-11(12)17/h1-6H,7H2. The Morgan fingerprint density at radius 1 is 1.00 bits per heavy atom. The Morgan fingerprint density at radius 2 is 1.78 bits per heavy atom. The van der Waals surface area contributed by atoms with Crippen molar-refractivity contribution in [1.29, 1.82) is 0 Å². The number of para-hydroxylation sites is 1. The minimum absolute atomic E-state index is 0.447. The third-order valence-electron chi connectivity index (χ3n) is 2.30. The first-order valence-corrected chi connectivity index (χ1v) is 7.33. The summed E-state index contributed by atoms with van der Waals surface area (Å²) in [6.45, 7) is 0. The van der Waals surface area contributed by atoms with E-state index in [0.717, 1.165) is 5.56 Å². The Bertz CT molecular complexity index is 572. The Kier molecular flexibility index (Phi) is 4.79. The van der Waals surface area contributed by atoms with Gasteiger partial charge in [0.2, 0.25) is 0 Å². The van der Waals surface area contributed by atoms with Crippen LogP contribution in [0.5, 0.6) is 11.5 Å². The number of alkyl halides is 1. The highest BCUT2D eigenvalue weighted by Crippen LogP contribution is 2.37. The summed E-state index contributed by atoms with van der Waals surface area (Å²) in [5.74, 6) is 1.12. The van der Waals surface area contributed by atoms with Crippen molar-refractivity contribution in [2.75, 3.05) is 0 Å². The van der Waals surface area contributed by atoms with E-state index in [9.17, 15) is 0 Å². The quantitative estimate of drug-likeness (QED) is 0.576. The van der Waals surface area contributed by atoms with Gasteiger partial charge in [0.25, 0.3) is 0 Å². The molecular formula is C13H8BrCl3O. The molecule has 0 spiro atoms. The third kappa shape index (κ3) is 3.12. The molecule has 0 aliphatic carbocycles. The summed E-state index contributed by atoms with van der Waals surface area (Å²) in [5, 5.41) is 2.20. The van der Waals surface area contributed by atoms with Crippen LogP contribution in [0.3, 0.4) is 0 Å². The van der Waals surface area contributed by atoms with Crippen molar-refractivity contribution < 1.29 is 4.74 Å². The second-order valence-electron chi connectivity index (χ2n) is 3.54. The normalized spacial score (nSPS) is 10.4. The van der Waals surface area contributed by atoms with Gasteiger partial charge in [-0.25, -0.2) is 0 Å². The predicted octanol–water partition coefficient (Wildman–Crippen LogP) is 6.33. The number of benzene rings is 2. The maximum atomic E-state index is 6.13. The van der Waals surface area contributed by atoms with Crippen LogP contribution in [0.1, 0.15) is 5.56 Å². The Labute approximate surface area is 129 Å². The van der Waals surface area contributed by atoms with E-state index < -0.39 is 0 Å². The maximum Gasteiger partial charge on any atom is 0.150 e. The van der Waals surface area contributed by atoms with Gasteiger partial charge < -0.3 is 4.74 Å². The Hall–Kier alpha value is -0.410. The summed E-state index contributed by atoms with van der Waals surface area (Å²) in [5.41, 5.74) is 0.952. The van der Waals surface area contributed by atoms with Gasteiger partial charge in [-0.15, -0.1) is 0 Å². The van der Waals surface area contributed by atoms with Crippen LogP contribution in [0.15, 0.2) is 36.4 Å². The number of rotatable bonds is 3. The zero-order chi connectivity index (χ0) is 13.1. The van der Waals surface area contributed by atoms with Crippen LogP contribution in [0, 0.1) is 0 Å². The fourth-order valence-corrected chi connectivity index (χ4v) is 2.56. The van der Waals surface area contributed by atoms with Crippen molar-refractivity contribution in [3.63, 3.8) is 0 Å². The first-order chi connectivity index (χ1) is 8.61. The molecule has 2 aromatic rings. The fourth-order valence-electron chi connectivity index (χ4n) is 1.44. The predicted molar refractivity (Wildman–Crippen MR) is 80.6 cm³/mol. The first kappa shape index (κ1) is 14.0. The van der Waals surface area contributed by atoms with Crippen LogP contribution in [-0.2, 0) is 5.33 Å². The SMILES string of the molecule is Clc1ccc(Oc2c(Cl)cccc2CBr)c(Cl)c1. The van der Waals surface area contributed by atoms with E-state index in [1.807, 2.05) is 12.1 Å². The van der Waals surface area contributed by atoms with Crippen LogP contribution in [0.2, 0.25) is 15.1 Å². The highest BCUT2D eigenvalue weighted by Gasteiger charge is 2.11. The second-order valence-corrected chi connectivity index (χ2v) is 5.35. The van der Waals surface area contributed by atoms with Gasteiger partial charge in [0.15, 0.2) is 0 Å². The first-order valence-electron chi connectivity index (χ1n) is 5.08. The molecule has 18 heavy (non-hydrogen) atoms. The summed E-state index contributed by atoms with van der Waals surface area (Å²) in [7, 11) is 0. The van der Waals surface area contributed by atoms with Gasteiger partial charge in [-0.05, 0) is 24.3 Å². The highest BCUT2D eigenvalue weighted by atomic mass is 79.9. The molecule has 0 heterocycles. The molecule has 1 nitrogen and oxygen atoms in total. The molecule has 0 aliphatic heterocycles. The highest BCUT2D eigenvalue weighted by molar-refractivity contribution is 9.08. The molecular weight excluding hydrogens is 358 g/mol. The van der Waals surface area contributed by atoms with E-state index in [0.29, 0.717) is 31.9 Å². The van der Waals surface area contributed by atoms with Crippen molar-refractivity contribution in [3.05, 3.63) is 57.0 Å². The number of ether oxygens (including phenoxy) is 1. The lowest BCUT2D eigenvalue weighted by Crippen LogP contribution is -1.91. The van der Waals surface area contributed by atoms with Crippen LogP contribution in [-0.4, -0.2) is 0 Å². The molecule has 0 unspecified atom stereocenters. The number of halogens is 4. The second kappa shape index (κ2) is 6.16. The molecule has 0 fully saturated rings. The third-order valence-corrected chi connectivity index (χ3v) is 3.73. The van der Waals surface area contributed by atoms with Crippen LogP contribution < -0.4 is 4.74 Å². The number of hydrogen-bond donors (Lipinski definition) is 0. The van der Waals surface area contributed by atoms with E-state index in [-0.39, 0.29) is 0 Å². The molecule has 2 aromatic carbocycles. The van der Waals surface area contributed by atoms with Crippen LogP contribution >= 0.6 is 50.7 Å². The summed E-state index contributed by atoms with van der Waals surface area (Å²) in [6.07, 6.45) is 0. The molecule has 0 saturated carbocycles. The van der Waals surface area contributed by atoms with E-state index in [1.54, 1.807) is 24.3 Å². The van der Waals surface area contributed by atoms with Crippen LogP contribution in [0.4, 0.5) is 0 Å². The molecule has 0 saturated heterocycles. The monoisotopic (exact) mass is 364 g/mol. The van der Waals surface area contributed by atoms with Gasteiger partial charge >= 0.3 is 0 Å². The Balaban J connectivity index is 2.39. The number of hydrogen-bond acceptors (Lipinski definition) is 1. The molecule has 0 N–H and O–H groups in total. The minimum Gasteiger partial charge on any atom is -0.454 e. The van der Waals surface area contributed by atoms with Gasteiger partial charge in [-0.3, -0.25) is 0 Å².